The molecular weight excluding hydrogens is 605 g/mol. The Morgan fingerprint density at radius 3 is 2.53 bits per heavy atom. The van der Waals surface area contributed by atoms with Gasteiger partial charge in [-0.2, -0.15) is 0 Å². The van der Waals surface area contributed by atoms with Crippen molar-refractivity contribution in [2.75, 3.05) is 19.1 Å². The van der Waals surface area contributed by atoms with Crippen LogP contribution in [0.3, 0.4) is 0 Å². The number of fused-ring (bicyclic) bond motifs is 2. The predicted molar refractivity (Wildman–Crippen MR) is 154 cm³/mol. The van der Waals surface area contributed by atoms with Gasteiger partial charge in [0.2, 0.25) is 5.91 Å². The maximum Gasteiger partial charge on any atom is 0.335 e. The number of methoxy groups -OCH3 is 1. The van der Waals surface area contributed by atoms with E-state index in [4.69, 9.17) is 32.7 Å². The fourth-order valence-electron chi connectivity index (χ4n) is 6.58. The molecule has 2 aliphatic heterocycles. The molecular formula is C31H26Cl2F2N2O6. The number of benzene rings is 3. The zero-order valence-corrected chi connectivity index (χ0v) is 24.3. The SMILES string of the molecule is COc1cc(C(=O)O)ccc1OC(=O)[C@@H]1N[C@@H](CC2(CF)CC2)[C@@]2(C(=O)Nc3cc(Cl)ccc32)[C@H]1c1cccc(Cl)c1F. The van der Waals surface area contributed by atoms with E-state index in [1.54, 1.807) is 18.2 Å². The summed E-state index contributed by atoms with van der Waals surface area (Å²) in [5.41, 5.74) is -1.46. The molecule has 0 radical (unpaired) electrons. The van der Waals surface area contributed by atoms with E-state index in [1.807, 2.05) is 0 Å². The highest BCUT2D eigenvalue weighted by Gasteiger charge is 2.68. The van der Waals surface area contributed by atoms with Gasteiger partial charge >= 0.3 is 11.9 Å². The highest BCUT2D eigenvalue weighted by molar-refractivity contribution is 6.31. The van der Waals surface area contributed by atoms with Gasteiger partial charge in [-0.25, -0.2) is 14.0 Å². The first kappa shape index (κ1) is 29.3. The van der Waals surface area contributed by atoms with Crippen LogP contribution in [0.25, 0.3) is 0 Å². The number of carbonyl (C=O) groups excluding carboxylic acids is 2. The second-order valence-electron chi connectivity index (χ2n) is 11.3. The van der Waals surface area contributed by atoms with E-state index < -0.39 is 59.2 Å². The minimum absolute atomic E-state index is 0.000635. The van der Waals surface area contributed by atoms with Crippen LogP contribution in [-0.4, -0.2) is 48.8 Å². The maximum atomic E-state index is 15.9. The first-order chi connectivity index (χ1) is 20.5. The Hall–Kier alpha value is -3.73. The average molecular weight is 631 g/mol. The summed E-state index contributed by atoms with van der Waals surface area (Å²) in [5, 5.41) is 15.6. The van der Waals surface area contributed by atoms with E-state index in [0.717, 1.165) is 0 Å². The van der Waals surface area contributed by atoms with Crippen LogP contribution in [0.5, 0.6) is 11.5 Å². The summed E-state index contributed by atoms with van der Waals surface area (Å²) < 4.78 is 41.2. The van der Waals surface area contributed by atoms with Crippen LogP contribution < -0.4 is 20.1 Å². The average Bonchev–Trinajstić information content (AvgIpc) is 3.60. The predicted octanol–water partition coefficient (Wildman–Crippen LogP) is 5.90. The molecule has 0 aromatic heterocycles. The molecule has 2 fully saturated rings. The lowest BCUT2D eigenvalue weighted by molar-refractivity contribution is -0.137. The molecule has 0 unspecified atom stereocenters. The van der Waals surface area contributed by atoms with E-state index in [0.29, 0.717) is 29.1 Å². The number of esters is 1. The van der Waals surface area contributed by atoms with E-state index in [-0.39, 0.29) is 34.1 Å². The van der Waals surface area contributed by atoms with Gasteiger partial charge in [-0.05, 0) is 66.8 Å². The van der Waals surface area contributed by atoms with Crippen LogP contribution in [-0.2, 0) is 15.0 Å². The summed E-state index contributed by atoms with van der Waals surface area (Å²) in [7, 11) is 1.29. The molecule has 1 aliphatic carbocycles. The Kier molecular flexibility index (Phi) is 7.35. The van der Waals surface area contributed by atoms with Crippen molar-refractivity contribution < 1.29 is 37.7 Å². The third-order valence-corrected chi connectivity index (χ3v) is 9.40. The molecule has 224 valence electrons. The Bertz CT molecular complexity index is 1670. The lowest BCUT2D eigenvalue weighted by Gasteiger charge is -2.36. The second-order valence-corrected chi connectivity index (χ2v) is 12.1. The number of carboxylic acid groups (broad SMARTS) is 1. The van der Waals surface area contributed by atoms with Crippen molar-refractivity contribution in [2.45, 2.75) is 42.7 Å². The molecule has 1 saturated heterocycles. The first-order valence-corrected chi connectivity index (χ1v) is 14.3. The number of hydrogen-bond acceptors (Lipinski definition) is 6. The molecule has 6 rings (SSSR count). The lowest BCUT2D eigenvalue weighted by atomic mass is 9.63. The number of carbonyl (C=O) groups is 3. The molecule has 3 aliphatic rings. The topological polar surface area (TPSA) is 114 Å². The minimum Gasteiger partial charge on any atom is -0.493 e. The molecule has 43 heavy (non-hydrogen) atoms. The van der Waals surface area contributed by atoms with Crippen molar-refractivity contribution >= 4 is 46.7 Å². The summed E-state index contributed by atoms with van der Waals surface area (Å²) in [6, 6.07) is 10.8. The largest absolute Gasteiger partial charge is 0.493 e. The van der Waals surface area contributed by atoms with Crippen LogP contribution in [0.15, 0.2) is 54.6 Å². The van der Waals surface area contributed by atoms with Crippen LogP contribution in [0.2, 0.25) is 10.0 Å². The molecule has 8 nitrogen and oxygen atoms in total. The summed E-state index contributed by atoms with van der Waals surface area (Å²) in [6.45, 7) is -0.616. The molecule has 2 heterocycles. The Morgan fingerprint density at radius 2 is 1.86 bits per heavy atom. The third kappa shape index (κ3) is 4.72. The highest BCUT2D eigenvalue weighted by Crippen LogP contribution is 2.60. The van der Waals surface area contributed by atoms with Crippen molar-refractivity contribution in [1.29, 1.82) is 0 Å². The molecule has 3 N–H and O–H groups in total. The minimum atomic E-state index is -1.57. The maximum absolute atomic E-state index is 15.9. The van der Waals surface area contributed by atoms with Gasteiger partial charge in [0.25, 0.3) is 0 Å². The van der Waals surface area contributed by atoms with Crippen molar-refractivity contribution in [2.24, 2.45) is 5.41 Å². The molecule has 12 heteroatoms. The monoisotopic (exact) mass is 630 g/mol. The summed E-state index contributed by atoms with van der Waals surface area (Å²) in [6.07, 6.45) is 1.40. The van der Waals surface area contributed by atoms with E-state index in [1.165, 1.54) is 43.5 Å². The number of rotatable bonds is 8. The number of amides is 1. The Labute approximate surface area is 255 Å². The zero-order valence-electron chi connectivity index (χ0n) is 22.8. The zero-order chi connectivity index (χ0) is 30.7. The van der Waals surface area contributed by atoms with Gasteiger partial charge in [-0.15, -0.1) is 0 Å². The number of halogens is 4. The summed E-state index contributed by atoms with van der Waals surface area (Å²) >= 11 is 12.5. The number of carboxylic acids is 1. The summed E-state index contributed by atoms with van der Waals surface area (Å²) in [5.74, 6) is -4.68. The van der Waals surface area contributed by atoms with Crippen molar-refractivity contribution in [3.05, 3.63) is 87.2 Å². The molecule has 3 aromatic rings. The van der Waals surface area contributed by atoms with Crippen LogP contribution in [0.1, 0.15) is 46.7 Å². The fraction of sp³-hybridized carbons (Fsp3) is 0.323. The van der Waals surface area contributed by atoms with Crippen LogP contribution in [0, 0.1) is 11.2 Å². The molecule has 1 spiro atoms. The Morgan fingerprint density at radius 1 is 1.09 bits per heavy atom. The number of aromatic carboxylic acids is 1. The van der Waals surface area contributed by atoms with Gasteiger partial charge in [-0.1, -0.05) is 41.4 Å². The van der Waals surface area contributed by atoms with Crippen LogP contribution >= 0.6 is 23.2 Å². The van der Waals surface area contributed by atoms with E-state index in [2.05, 4.69) is 10.6 Å². The molecule has 1 saturated carbocycles. The second kappa shape index (κ2) is 10.8. The van der Waals surface area contributed by atoms with Gasteiger partial charge < -0.3 is 19.9 Å². The van der Waals surface area contributed by atoms with Gasteiger partial charge in [0.15, 0.2) is 11.5 Å². The van der Waals surface area contributed by atoms with Gasteiger partial charge in [-0.3, -0.25) is 14.5 Å². The van der Waals surface area contributed by atoms with Gasteiger partial charge in [0.05, 0.1) is 24.4 Å². The Balaban J connectivity index is 1.52. The van der Waals surface area contributed by atoms with E-state index in [9.17, 15) is 23.9 Å². The lowest BCUT2D eigenvalue weighted by Crippen LogP contribution is -2.49. The number of nitrogens with one attached hydrogen (secondary N) is 2. The standard InChI is InChI=1S/C31H26Cl2F2N2O6/c1-42-22-11-15(27(38)39)5-8-21(22)43-28(40)26-24(17-3-2-4-19(33)25(17)35)31(23(37-26)13-30(14-34)9-10-30)18-7-6-16(32)12-20(18)36-29(31)41/h2-8,11-12,23-24,26,37H,9-10,13-14H2,1H3,(H,36,41)(H,38,39)/t23-,24-,26+,31+/m0/s1. The number of anilines is 1. The van der Waals surface area contributed by atoms with Crippen molar-refractivity contribution in [3.8, 4) is 11.5 Å². The quantitative estimate of drug-likeness (QED) is 0.210. The number of alkyl halides is 1. The fourth-order valence-corrected chi connectivity index (χ4v) is 6.93. The van der Waals surface area contributed by atoms with Crippen LogP contribution in [0.4, 0.5) is 14.5 Å². The molecule has 0 bridgehead atoms. The molecule has 3 aromatic carbocycles. The highest BCUT2D eigenvalue weighted by atomic mass is 35.5. The molecule has 1 amide bonds. The molecule has 4 atom stereocenters. The van der Waals surface area contributed by atoms with Crippen molar-refractivity contribution in [3.63, 3.8) is 0 Å². The smallest absolute Gasteiger partial charge is 0.335 e. The van der Waals surface area contributed by atoms with Gasteiger partial charge in [0, 0.05) is 28.1 Å². The van der Waals surface area contributed by atoms with Gasteiger partial charge in [0.1, 0.15) is 17.3 Å². The normalized spacial score (nSPS) is 24.9. The number of ether oxygens (including phenoxy) is 2. The first-order valence-electron chi connectivity index (χ1n) is 13.5. The third-order valence-electron chi connectivity index (χ3n) is 8.87. The van der Waals surface area contributed by atoms with Crippen molar-refractivity contribution in [1.82, 2.24) is 5.32 Å². The van der Waals surface area contributed by atoms with E-state index >= 15 is 4.39 Å². The number of hydrogen-bond donors (Lipinski definition) is 3. The summed E-state index contributed by atoms with van der Waals surface area (Å²) in [4.78, 5) is 39.7.